The second-order valence-electron chi connectivity index (χ2n) is 7.10. The molecular weight excluding hydrogens is 220 g/mol. The first-order valence-corrected chi connectivity index (χ1v) is 7.80. The van der Waals surface area contributed by atoms with Gasteiger partial charge in [-0.25, -0.2) is 0 Å². The SMILES string of the molecule is NC1CCCc2c1ccn2C1C2C3CCC(C3)C21. The van der Waals surface area contributed by atoms with Gasteiger partial charge >= 0.3 is 0 Å². The summed E-state index contributed by atoms with van der Waals surface area (Å²) in [7, 11) is 0. The van der Waals surface area contributed by atoms with E-state index >= 15 is 0 Å². The van der Waals surface area contributed by atoms with Crippen LogP contribution in [0.15, 0.2) is 12.3 Å². The molecule has 0 amide bonds. The first-order chi connectivity index (χ1) is 8.84. The van der Waals surface area contributed by atoms with Crippen LogP contribution in [0, 0.1) is 23.7 Å². The molecule has 1 aromatic rings. The van der Waals surface area contributed by atoms with Crippen LogP contribution in [0.25, 0.3) is 0 Å². The van der Waals surface area contributed by atoms with Crippen LogP contribution in [-0.2, 0) is 6.42 Å². The molecule has 5 rings (SSSR count). The molecule has 2 heteroatoms. The third kappa shape index (κ3) is 1.09. The maximum Gasteiger partial charge on any atom is 0.0402 e. The fourth-order valence-corrected chi connectivity index (χ4v) is 5.68. The third-order valence-corrected chi connectivity index (χ3v) is 6.40. The molecule has 0 radical (unpaired) electrons. The lowest BCUT2D eigenvalue weighted by Crippen LogP contribution is -2.18. The number of rotatable bonds is 1. The second kappa shape index (κ2) is 3.22. The van der Waals surface area contributed by atoms with Gasteiger partial charge in [0.1, 0.15) is 0 Å². The van der Waals surface area contributed by atoms with Crippen LogP contribution in [-0.4, -0.2) is 4.57 Å². The molecule has 2 N–H and O–H groups in total. The predicted molar refractivity (Wildman–Crippen MR) is 71.1 cm³/mol. The van der Waals surface area contributed by atoms with Crippen molar-refractivity contribution in [2.75, 3.05) is 0 Å². The number of aromatic nitrogens is 1. The maximum absolute atomic E-state index is 6.25. The topological polar surface area (TPSA) is 30.9 Å². The van der Waals surface area contributed by atoms with Crippen LogP contribution in [0.3, 0.4) is 0 Å². The van der Waals surface area contributed by atoms with Crippen molar-refractivity contribution in [3.8, 4) is 0 Å². The van der Waals surface area contributed by atoms with Gasteiger partial charge in [-0.15, -0.1) is 0 Å². The fraction of sp³-hybridized carbons (Fsp3) is 0.750. The van der Waals surface area contributed by atoms with Crippen LogP contribution < -0.4 is 5.73 Å². The first kappa shape index (κ1) is 10.1. The molecule has 1 aromatic heterocycles. The van der Waals surface area contributed by atoms with Crippen molar-refractivity contribution in [2.45, 2.75) is 50.6 Å². The van der Waals surface area contributed by atoms with Crippen LogP contribution in [0.4, 0.5) is 0 Å². The van der Waals surface area contributed by atoms with E-state index in [2.05, 4.69) is 16.8 Å². The lowest BCUT2D eigenvalue weighted by molar-refractivity contribution is 0.439. The highest BCUT2D eigenvalue weighted by Crippen LogP contribution is 2.71. The molecule has 4 aliphatic carbocycles. The van der Waals surface area contributed by atoms with Gasteiger partial charge in [0.15, 0.2) is 0 Å². The van der Waals surface area contributed by atoms with Crippen molar-refractivity contribution in [1.29, 1.82) is 0 Å². The Labute approximate surface area is 109 Å². The van der Waals surface area contributed by atoms with Gasteiger partial charge in [-0.2, -0.15) is 0 Å². The van der Waals surface area contributed by atoms with Crippen molar-refractivity contribution in [3.05, 3.63) is 23.5 Å². The van der Waals surface area contributed by atoms with E-state index in [-0.39, 0.29) is 0 Å². The van der Waals surface area contributed by atoms with Crippen molar-refractivity contribution in [1.82, 2.24) is 4.57 Å². The van der Waals surface area contributed by atoms with Gasteiger partial charge in [0.2, 0.25) is 0 Å². The lowest BCUT2D eigenvalue weighted by Gasteiger charge is -2.22. The van der Waals surface area contributed by atoms with E-state index in [0.29, 0.717) is 6.04 Å². The molecule has 96 valence electrons. The van der Waals surface area contributed by atoms with Crippen LogP contribution in [0.1, 0.15) is 55.4 Å². The van der Waals surface area contributed by atoms with Gasteiger partial charge < -0.3 is 10.3 Å². The number of fused-ring (bicyclic) bond motifs is 6. The normalized spacial score (nSPS) is 48.1. The monoisotopic (exact) mass is 242 g/mol. The summed E-state index contributed by atoms with van der Waals surface area (Å²) in [6.07, 6.45) is 10.7. The van der Waals surface area contributed by atoms with Crippen LogP contribution in [0.2, 0.25) is 0 Å². The zero-order valence-corrected chi connectivity index (χ0v) is 10.9. The minimum Gasteiger partial charge on any atom is -0.347 e. The average Bonchev–Trinajstić information content (AvgIpc) is 2.78. The van der Waals surface area contributed by atoms with Crippen molar-refractivity contribution >= 4 is 0 Å². The Hall–Kier alpha value is -0.760. The standard InChI is InChI=1S/C16H22N2/c17-12-2-1-3-13-11(12)6-7-18(13)16-14-9-4-5-10(8-9)15(14)16/h6-7,9-10,12,14-16H,1-5,8,17H2. The molecule has 1 heterocycles. The molecule has 5 unspecified atom stereocenters. The molecule has 4 aliphatic rings. The smallest absolute Gasteiger partial charge is 0.0402 e. The Morgan fingerprint density at radius 1 is 1.11 bits per heavy atom. The minimum absolute atomic E-state index is 0.310. The zero-order chi connectivity index (χ0) is 11.9. The summed E-state index contributed by atoms with van der Waals surface area (Å²) in [5.41, 5.74) is 9.30. The highest BCUT2D eigenvalue weighted by molar-refractivity contribution is 5.31. The van der Waals surface area contributed by atoms with Crippen molar-refractivity contribution in [2.24, 2.45) is 29.4 Å². The van der Waals surface area contributed by atoms with Gasteiger partial charge in [-0.05, 0) is 73.8 Å². The summed E-state index contributed by atoms with van der Waals surface area (Å²) in [5, 5.41) is 0. The average molecular weight is 242 g/mol. The van der Waals surface area contributed by atoms with Crippen LogP contribution in [0.5, 0.6) is 0 Å². The Bertz CT molecular complexity index is 487. The molecule has 0 spiro atoms. The quantitative estimate of drug-likeness (QED) is 0.806. The highest BCUT2D eigenvalue weighted by atomic mass is 15.1. The molecule has 18 heavy (non-hydrogen) atoms. The van der Waals surface area contributed by atoms with Crippen molar-refractivity contribution in [3.63, 3.8) is 0 Å². The second-order valence-corrected chi connectivity index (χ2v) is 7.10. The zero-order valence-electron chi connectivity index (χ0n) is 10.9. The summed E-state index contributed by atoms with van der Waals surface area (Å²) >= 11 is 0. The summed E-state index contributed by atoms with van der Waals surface area (Å²) < 4.78 is 2.65. The van der Waals surface area contributed by atoms with E-state index in [1.165, 1.54) is 37.7 Å². The van der Waals surface area contributed by atoms with E-state index in [1.54, 1.807) is 12.1 Å². The number of hydrogen-bond donors (Lipinski definition) is 1. The number of nitrogens with zero attached hydrogens (tertiary/aromatic N) is 1. The van der Waals surface area contributed by atoms with Crippen molar-refractivity contribution < 1.29 is 0 Å². The highest BCUT2D eigenvalue weighted by Gasteiger charge is 2.65. The third-order valence-electron chi connectivity index (χ3n) is 6.40. The van der Waals surface area contributed by atoms with Gasteiger partial charge in [0.25, 0.3) is 0 Å². The van der Waals surface area contributed by atoms with E-state index in [9.17, 15) is 0 Å². The molecule has 5 atom stereocenters. The summed E-state index contributed by atoms with van der Waals surface area (Å²) in [4.78, 5) is 0. The Morgan fingerprint density at radius 3 is 2.67 bits per heavy atom. The summed E-state index contributed by atoms with van der Waals surface area (Å²) in [5.74, 6) is 4.22. The fourth-order valence-electron chi connectivity index (χ4n) is 5.68. The van der Waals surface area contributed by atoms with E-state index in [4.69, 9.17) is 5.73 Å². The Kier molecular flexibility index (Phi) is 1.80. The largest absolute Gasteiger partial charge is 0.347 e. The molecular formula is C16H22N2. The van der Waals surface area contributed by atoms with E-state index in [1.807, 2.05) is 0 Å². The molecule has 3 saturated carbocycles. The molecule has 0 saturated heterocycles. The predicted octanol–water partition coefficient (Wildman–Crippen LogP) is 3.04. The van der Waals surface area contributed by atoms with Crippen LogP contribution >= 0.6 is 0 Å². The van der Waals surface area contributed by atoms with Gasteiger partial charge in [-0.3, -0.25) is 0 Å². The molecule has 3 fully saturated rings. The van der Waals surface area contributed by atoms with E-state index in [0.717, 1.165) is 29.7 Å². The van der Waals surface area contributed by atoms with Gasteiger partial charge in [0, 0.05) is 24.0 Å². The molecule has 2 nitrogen and oxygen atoms in total. The Balaban J connectivity index is 1.52. The van der Waals surface area contributed by atoms with Gasteiger partial charge in [-0.1, -0.05) is 0 Å². The van der Waals surface area contributed by atoms with Gasteiger partial charge in [0.05, 0.1) is 0 Å². The Morgan fingerprint density at radius 2 is 1.89 bits per heavy atom. The molecule has 0 aliphatic heterocycles. The number of nitrogens with two attached hydrogens (primary N) is 1. The number of hydrogen-bond acceptors (Lipinski definition) is 1. The molecule has 2 bridgehead atoms. The summed E-state index contributed by atoms with van der Waals surface area (Å²) in [6, 6.07) is 3.49. The minimum atomic E-state index is 0.310. The maximum atomic E-state index is 6.25. The lowest BCUT2D eigenvalue weighted by atomic mass is 9.93. The first-order valence-electron chi connectivity index (χ1n) is 7.80. The molecule has 0 aromatic carbocycles. The summed E-state index contributed by atoms with van der Waals surface area (Å²) in [6.45, 7) is 0. The van der Waals surface area contributed by atoms with E-state index < -0.39 is 0 Å².